The Morgan fingerprint density at radius 2 is 1.69 bits per heavy atom. The fourth-order valence-electron chi connectivity index (χ4n) is 6.30. The molecule has 3 fully saturated rings. The number of aromatic nitrogens is 1. The number of nitrogens with zero attached hydrogens (tertiary/aromatic N) is 3. The van der Waals surface area contributed by atoms with E-state index >= 15 is 0 Å². The van der Waals surface area contributed by atoms with Crippen molar-refractivity contribution in [2.75, 3.05) is 39.3 Å². The quantitative estimate of drug-likeness (QED) is 0.111. The van der Waals surface area contributed by atoms with Crippen molar-refractivity contribution in [1.29, 1.82) is 0 Å². The fraction of sp³-hybridized carbons (Fsp3) is 0.513. The third kappa shape index (κ3) is 9.54. The summed E-state index contributed by atoms with van der Waals surface area (Å²) in [5, 5.41) is 1.29. The lowest BCUT2D eigenvalue weighted by Crippen LogP contribution is -2.50. The van der Waals surface area contributed by atoms with Gasteiger partial charge in [0.2, 0.25) is 5.91 Å². The summed E-state index contributed by atoms with van der Waals surface area (Å²) in [6.45, 7) is 7.72. The maximum Gasteiger partial charge on any atom is 0.320 e. The molecule has 49 heavy (non-hydrogen) atoms. The zero-order chi connectivity index (χ0) is 34.4. The average molecular weight is 709 g/mol. The molecule has 262 valence electrons. The topological polar surface area (TPSA) is 81.2 Å². The molecule has 1 aliphatic heterocycles. The third-order valence-corrected chi connectivity index (χ3v) is 10.2. The molecule has 6 rings (SSSR count). The Balaban J connectivity index is 0.974. The first-order chi connectivity index (χ1) is 23.7. The summed E-state index contributed by atoms with van der Waals surface area (Å²) in [6.07, 6.45) is 10.9. The van der Waals surface area contributed by atoms with Gasteiger partial charge in [0, 0.05) is 66.2 Å². The minimum Gasteiger partial charge on any atom is -0.490 e. The van der Waals surface area contributed by atoms with Crippen molar-refractivity contribution in [3.8, 4) is 16.9 Å². The van der Waals surface area contributed by atoms with Crippen molar-refractivity contribution in [1.82, 2.24) is 14.8 Å². The minimum absolute atomic E-state index is 0.156. The molecule has 0 atom stereocenters. The van der Waals surface area contributed by atoms with E-state index in [-0.39, 0.29) is 18.4 Å². The molecular weight excluding hydrogens is 661 g/mol. The number of ether oxygens (including phenoxy) is 3. The van der Waals surface area contributed by atoms with E-state index in [1.807, 2.05) is 61.5 Å². The molecule has 2 aliphatic carbocycles. The highest BCUT2D eigenvalue weighted by Gasteiger charge is 2.48. The van der Waals surface area contributed by atoms with Crippen molar-refractivity contribution < 1.29 is 23.8 Å². The molecule has 0 bridgehead atoms. The Hall–Kier alpha value is -3.17. The Bertz CT molecular complexity index is 1620. The second-order valence-electron chi connectivity index (χ2n) is 14.0. The summed E-state index contributed by atoms with van der Waals surface area (Å²) in [5.74, 6) is 1.18. The minimum atomic E-state index is -0.427. The van der Waals surface area contributed by atoms with Crippen molar-refractivity contribution >= 4 is 35.1 Å². The summed E-state index contributed by atoms with van der Waals surface area (Å²) in [4.78, 5) is 33.3. The van der Waals surface area contributed by atoms with Crippen LogP contribution in [-0.2, 0) is 37.7 Å². The molecule has 3 aliphatic rings. The van der Waals surface area contributed by atoms with Crippen LogP contribution in [0.1, 0.15) is 75.5 Å². The van der Waals surface area contributed by atoms with E-state index in [2.05, 4.69) is 22.0 Å². The van der Waals surface area contributed by atoms with Gasteiger partial charge in [-0.2, -0.15) is 0 Å². The number of esters is 1. The van der Waals surface area contributed by atoms with E-state index in [1.165, 1.54) is 0 Å². The molecule has 1 saturated heterocycles. The van der Waals surface area contributed by atoms with Gasteiger partial charge in [-0.05, 0) is 91.8 Å². The highest BCUT2D eigenvalue weighted by Crippen LogP contribution is 2.53. The Morgan fingerprint density at radius 3 is 2.43 bits per heavy atom. The number of piperazine rings is 1. The Labute approximate surface area is 300 Å². The number of aryl methyl sites for hydroxylation is 1. The standard InChI is InChI=1S/C39H47Cl2N3O5/c1-27(2)25-47-38(46)24-43-17-19-44(20-18-43)37(45)10-6-3-7-28-21-35(41)29(22-34(28)40)26-48-39(14-15-39)33-23-42-16-13-31(33)32-8-4-5-9-36(32)49-30-11-12-30/h4-5,8-9,13,16,21-23,27,30H,3,6-7,10-12,14-15,17-20,24-26H2,1-2H3. The van der Waals surface area contributed by atoms with Crippen LogP contribution in [0, 0.1) is 5.92 Å². The molecule has 2 saturated carbocycles. The highest BCUT2D eigenvalue weighted by molar-refractivity contribution is 6.34. The Morgan fingerprint density at radius 1 is 0.959 bits per heavy atom. The molecule has 10 heteroatoms. The fourth-order valence-corrected chi connectivity index (χ4v) is 6.82. The number of benzene rings is 2. The maximum atomic E-state index is 12.8. The lowest BCUT2D eigenvalue weighted by Gasteiger charge is -2.34. The molecule has 1 amide bonds. The van der Waals surface area contributed by atoms with Crippen LogP contribution in [0.4, 0.5) is 0 Å². The lowest BCUT2D eigenvalue weighted by atomic mass is 9.96. The van der Waals surface area contributed by atoms with Crippen LogP contribution in [0.25, 0.3) is 11.1 Å². The summed E-state index contributed by atoms with van der Waals surface area (Å²) < 4.78 is 18.2. The van der Waals surface area contributed by atoms with E-state index in [0.717, 1.165) is 78.5 Å². The summed E-state index contributed by atoms with van der Waals surface area (Å²) in [6, 6.07) is 14.1. The average Bonchev–Trinajstić information content (AvgIpc) is 4.04. The van der Waals surface area contributed by atoms with Gasteiger partial charge in [-0.3, -0.25) is 19.5 Å². The van der Waals surface area contributed by atoms with E-state index in [0.29, 0.717) is 67.9 Å². The van der Waals surface area contributed by atoms with E-state index in [9.17, 15) is 9.59 Å². The van der Waals surface area contributed by atoms with Gasteiger partial charge in [0.25, 0.3) is 0 Å². The number of hydrogen-bond donors (Lipinski definition) is 0. The van der Waals surface area contributed by atoms with Crippen LogP contribution in [0.3, 0.4) is 0 Å². The number of hydrogen-bond acceptors (Lipinski definition) is 7. The van der Waals surface area contributed by atoms with Crippen LogP contribution in [0.15, 0.2) is 54.9 Å². The van der Waals surface area contributed by atoms with E-state index in [1.54, 1.807) is 0 Å². The van der Waals surface area contributed by atoms with Gasteiger partial charge in [0.05, 0.1) is 31.5 Å². The zero-order valence-electron chi connectivity index (χ0n) is 28.6. The smallest absolute Gasteiger partial charge is 0.320 e. The molecule has 0 radical (unpaired) electrons. The maximum absolute atomic E-state index is 12.8. The largest absolute Gasteiger partial charge is 0.490 e. The van der Waals surface area contributed by atoms with Crippen LogP contribution in [0.2, 0.25) is 10.0 Å². The first-order valence-corrected chi connectivity index (χ1v) is 18.4. The Kier molecular flexibility index (Phi) is 11.8. The second kappa shape index (κ2) is 16.2. The molecule has 3 aromatic rings. The number of carbonyl (C=O) groups is 2. The SMILES string of the molecule is CC(C)COC(=O)CN1CCN(C(=O)CCCCc2cc(Cl)c(COC3(c4cnccc4-c4ccccc4OC4CC4)CC3)cc2Cl)CC1. The van der Waals surface area contributed by atoms with Crippen molar-refractivity contribution in [2.45, 2.75) is 83.5 Å². The number of rotatable bonds is 16. The number of para-hydroxylation sites is 1. The van der Waals surface area contributed by atoms with Gasteiger partial charge in [0.1, 0.15) is 5.75 Å². The normalized spacial score (nSPS) is 17.3. The second-order valence-corrected chi connectivity index (χ2v) is 14.8. The van der Waals surface area contributed by atoms with Gasteiger partial charge in [-0.1, -0.05) is 55.2 Å². The molecule has 2 heterocycles. The van der Waals surface area contributed by atoms with Crippen LogP contribution in [-0.4, -0.2) is 72.1 Å². The third-order valence-electron chi connectivity index (χ3n) is 9.47. The molecule has 0 unspecified atom stereocenters. The number of unbranched alkanes of at least 4 members (excludes halogenated alkanes) is 1. The van der Waals surface area contributed by atoms with Crippen molar-refractivity contribution in [3.63, 3.8) is 0 Å². The molecular formula is C39H47Cl2N3O5. The number of amides is 1. The summed E-state index contributed by atoms with van der Waals surface area (Å²) in [5.41, 5.74) is 4.62. The predicted molar refractivity (Wildman–Crippen MR) is 192 cm³/mol. The van der Waals surface area contributed by atoms with E-state index in [4.69, 9.17) is 37.4 Å². The number of halogens is 2. The summed E-state index contributed by atoms with van der Waals surface area (Å²) in [7, 11) is 0. The number of pyridine rings is 1. The first-order valence-electron chi connectivity index (χ1n) is 17.7. The van der Waals surface area contributed by atoms with Gasteiger partial charge in [-0.25, -0.2) is 0 Å². The molecule has 0 spiro atoms. The zero-order valence-corrected chi connectivity index (χ0v) is 30.1. The van der Waals surface area contributed by atoms with Crippen LogP contribution in [0.5, 0.6) is 5.75 Å². The van der Waals surface area contributed by atoms with Crippen molar-refractivity contribution in [3.05, 3.63) is 81.6 Å². The van der Waals surface area contributed by atoms with Crippen molar-refractivity contribution in [2.24, 2.45) is 5.92 Å². The van der Waals surface area contributed by atoms with Gasteiger partial charge in [-0.15, -0.1) is 0 Å². The molecule has 0 N–H and O–H groups in total. The van der Waals surface area contributed by atoms with Crippen LogP contribution >= 0.6 is 23.2 Å². The molecule has 2 aromatic carbocycles. The van der Waals surface area contributed by atoms with Crippen LogP contribution < -0.4 is 4.74 Å². The van der Waals surface area contributed by atoms with Gasteiger partial charge < -0.3 is 19.1 Å². The summed E-state index contributed by atoms with van der Waals surface area (Å²) >= 11 is 13.5. The first kappa shape index (κ1) is 35.6. The predicted octanol–water partition coefficient (Wildman–Crippen LogP) is 7.86. The molecule has 8 nitrogen and oxygen atoms in total. The highest BCUT2D eigenvalue weighted by atomic mass is 35.5. The van der Waals surface area contributed by atoms with Gasteiger partial charge >= 0.3 is 5.97 Å². The monoisotopic (exact) mass is 707 g/mol. The molecule has 1 aromatic heterocycles. The van der Waals surface area contributed by atoms with E-state index < -0.39 is 5.60 Å². The number of carbonyl (C=O) groups excluding carboxylic acids is 2. The van der Waals surface area contributed by atoms with Gasteiger partial charge in [0.15, 0.2) is 0 Å². The lowest BCUT2D eigenvalue weighted by molar-refractivity contribution is -0.146.